The molecule has 0 unspecified atom stereocenters. The third-order valence-corrected chi connectivity index (χ3v) is 4.35. The molecule has 1 aliphatic rings. The molecule has 1 aliphatic heterocycles. The van der Waals surface area contributed by atoms with E-state index in [2.05, 4.69) is 10.2 Å². The molecule has 2 amide bonds. The summed E-state index contributed by atoms with van der Waals surface area (Å²) in [5.74, 6) is 0.702. The van der Waals surface area contributed by atoms with Crippen molar-refractivity contribution < 1.29 is 14.3 Å². The van der Waals surface area contributed by atoms with E-state index in [0.717, 1.165) is 25.9 Å². The first kappa shape index (κ1) is 17.3. The number of para-hydroxylation sites is 2. The largest absolute Gasteiger partial charge is 0.495 e. The van der Waals surface area contributed by atoms with Gasteiger partial charge in [0, 0.05) is 33.1 Å². The summed E-state index contributed by atoms with van der Waals surface area (Å²) in [6, 6.07) is 7.65. The maximum atomic E-state index is 12.2. The van der Waals surface area contributed by atoms with Gasteiger partial charge in [0.1, 0.15) is 5.75 Å². The summed E-state index contributed by atoms with van der Waals surface area (Å²) in [5, 5.41) is 2.89. The van der Waals surface area contributed by atoms with Crippen LogP contribution in [-0.2, 0) is 9.59 Å². The molecule has 23 heavy (non-hydrogen) atoms. The molecule has 126 valence electrons. The van der Waals surface area contributed by atoms with Gasteiger partial charge in [0.15, 0.2) is 0 Å². The molecule has 6 nitrogen and oxygen atoms in total. The van der Waals surface area contributed by atoms with Crippen LogP contribution in [0.1, 0.15) is 19.8 Å². The first-order chi connectivity index (χ1) is 11.0. The second-order valence-electron chi connectivity index (χ2n) is 5.89. The van der Waals surface area contributed by atoms with Gasteiger partial charge in [0.05, 0.1) is 19.3 Å². The number of amides is 2. The Balaban J connectivity index is 1.82. The lowest BCUT2D eigenvalue weighted by Gasteiger charge is -2.36. The van der Waals surface area contributed by atoms with E-state index >= 15 is 0 Å². The fraction of sp³-hybridized carbons (Fsp3) is 0.529. The number of ether oxygens (including phenoxy) is 1. The molecule has 1 fully saturated rings. The number of anilines is 1. The van der Waals surface area contributed by atoms with Crippen molar-refractivity contribution in [1.29, 1.82) is 0 Å². The number of nitrogens with zero attached hydrogens (tertiary/aromatic N) is 2. The summed E-state index contributed by atoms with van der Waals surface area (Å²) in [5.41, 5.74) is 0.686. The quantitative estimate of drug-likeness (QED) is 0.895. The molecule has 1 saturated heterocycles. The SMILES string of the molecule is COc1ccccc1NC(=O)CN1CCC(N(C)C(C)=O)CC1. The topological polar surface area (TPSA) is 61.9 Å². The molecule has 2 rings (SSSR count). The summed E-state index contributed by atoms with van der Waals surface area (Å²) in [7, 11) is 3.43. The number of benzene rings is 1. The molecule has 0 atom stereocenters. The monoisotopic (exact) mass is 319 g/mol. The normalized spacial score (nSPS) is 16.0. The van der Waals surface area contributed by atoms with Crippen molar-refractivity contribution in [2.24, 2.45) is 0 Å². The van der Waals surface area contributed by atoms with E-state index in [4.69, 9.17) is 4.74 Å². The highest BCUT2D eigenvalue weighted by Crippen LogP contribution is 2.23. The maximum absolute atomic E-state index is 12.2. The predicted octanol–water partition coefficient (Wildman–Crippen LogP) is 1.58. The van der Waals surface area contributed by atoms with Crippen molar-refractivity contribution in [3.05, 3.63) is 24.3 Å². The first-order valence-electron chi connectivity index (χ1n) is 7.90. The van der Waals surface area contributed by atoms with Crippen molar-refractivity contribution >= 4 is 17.5 Å². The van der Waals surface area contributed by atoms with Crippen molar-refractivity contribution in [1.82, 2.24) is 9.80 Å². The molecule has 0 spiro atoms. The molecule has 1 heterocycles. The minimum atomic E-state index is -0.0483. The first-order valence-corrected chi connectivity index (χ1v) is 7.90. The van der Waals surface area contributed by atoms with Gasteiger partial charge >= 0.3 is 0 Å². The molecule has 0 saturated carbocycles. The van der Waals surface area contributed by atoms with E-state index in [1.165, 1.54) is 0 Å². The van der Waals surface area contributed by atoms with E-state index < -0.39 is 0 Å². The van der Waals surface area contributed by atoms with Crippen LogP contribution < -0.4 is 10.1 Å². The summed E-state index contributed by atoms with van der Waals surface area (Å²) in [6.45, 7) is 3.59. The van der Waals surface area contributed by atoms with Gasteiger partial charge in [-0.2, -0.15) is 0 Å². The summed E-state index contributed by atoms with van der Waals surface area (Å²) in [6.07, 6.45) is 1.80. The number of methoxy groups -OCH3 is 1. The maximum Gasteiger partial charge on any atom is 0.238 e. The van der Waals surface area contributed by atoms with Crippen molar-refractivity contribution in [2.45, 2.75) is 25.8 Å². The lowest BCUT2D eigenvalue weighted by molar-refractivity contribution is -0.130. The highest BCUT2D eigenvalue weighted by atomic mass is 16.5. The third-order valence-electron chi connectivity index (χ3n) is 4.35. The Morgan fingerprint density at radius 3 is 2.57 bits per heavy atom. The Kier molecular flexibility index (Phi) is 5.98. The average molecular weight is 319 g/mol. The summed E-state index contributed by atoms with van der Waals surface area (Å²) in [4.78, 5) is 27.5. The molecule has 1 N–H and O–H groups in total. The second kappa shape index (κ2) is 7.97. The summed E-state index contributed by atoms with van der Waals surface area (Å²) >= 11 is 0. The van der Waals surface area contributed by atoms with Gasteiger partial charge in [-0.3, -0.25) is 14.5 Å². The van der Waals surface area contributed by atoms with Gasteiger partial charge in [0.25, 0.3) is 0 Å². The highest BCUT2D eigenvalue weighted by Gasteiger charge is 2.24. The van der Waals surface area contributed by atoms with Crippen LogP contribution in [0.15, 0.2) is 24.3 Å². The fourth-order valence-electron chi connectivity index (χ4n) is 2.86. The van der Waals surface area contributed by atoms with E-state index in [0.29, 0.717) is 18.0 Å². The van der Waals surface area contributed by atoms with Crippen LogP contribution in [-0.4, -0.2) is 61.4 Å². The Morgan fingerprint density at radius 1 is 1.30 bits per heavy atom. The van der Waals surface area contributed by atoms with Crippen LogP contribution in [0.4, 0.5) is 5.69 Å². The minimum Gasteiger partial charge on any atom is -0.495 e. The molecule has 0 bridgehead atoms. The third kappa shape index (κ3) is 4.69. The Hall–Kier alpha value is -2.08. The number of hydrogen-bond acceptors (Lipinski definition) is 4. The zero-order valence-corrected chi connectivity index (χ0v) is 14.0. The minimum absolute atomic E-state index is 0.0483. The molecule has 0 radical (unpaired) electrons. The standard InChI is InChI=1S/C17H25N3O3/c1-13(21)19(2)14-8-10-20(11-9-14)12-17(22)18-15-6-4-5-7-16(15)23-3/h4-7,14H,8-12H2,1-3H3,(H,18,22). The fourth-order valence-corrected chi connectivity index (χ4v) is 2.86. The lowest BCUT2D eigenvalue weighted by atomic mass is 10.0. The van der Waals surface area contributed by atoms with Crippen LogP contribution >= 0.6 is 0 Å². The van der Waals surface area contributed by atoms with Crippen molar-refractivity contribution in [3.63, 3.8) is 0 Å². The number of rotatable bonds is 5. The number of likely N-dealkylation sites (tertiary alicyclic amines) is 1. The molecule has 1 aromatic rings. The number of hydrogen-bond donors (Lipinski definition) is 1. The van der Waals surface area contributed by atoms with Gasteiger partial charge in [-0.1, -0.05) is 12.1 Å². The number of nitrogens with one attached hydrogen (secondary N) is 1. The molecule has 0 aliphatic carbocycles. The van der Waals surface area contributed by atoms with Gasteiger partial charge in [0.2, 0.25) is 11.8 Å². The lowest BCUT2D eigenvalue weighted by Crippen LogP contribution is -2.46. The zero-order chi connectivity index (χ0) is 16.8. The van der Waals surface area contributed by atoms with Crippen molar-refractivity contribution in [2.75, 3.05) is 39.1 Å². The highest BCUT2D eigenvalue weighted by molar-refractivity contribution is 5.93. The van der Waals surface area contributed by atoms with E-state index in [1.54, 1.807) is 18.9 Å². The summed E-state index contributed by atoms with van der Waals surface area (Å²) < 4.78 is 5.23. The van der Waals surface area contributed by atoms with Gasteiger partial charge in [-0.15, -0.1) is 0 Å². The molecule has 6 heteroatoms. The molecular formula is C17H25N3O3. The zero-order valence-electron chi connectivity index (χ0n) is 14.0. The molecule has 1 aromatic carbocycles. The van der Waals surface area contributed by atoms with Gasteiger partial charge in [-0.05, 0) is 25.0 Å². The van der Waals surface area contributed by atoms with E-state index in [-0.39, 0.29) is 17.9 Å². The van der Waals surface area contributed by atoms with Crippen LogP contribution in [0.2, 0.25) is 0 Å². The molecular weight excluding hydrogens is 294 g/mol. The van der Waals surface area contributed by atoms with Crippen LogP contribution in [0, 0.1) is 0 Å². The molecule has 0 aromatic heterocycles. The van der Waals surface area contributed by atoms with Crippen LogP contribution in [0.3, 0.4) is 0 Å². The van der Waals surface area contributed by atoms with Crippen LogP contribution in [0.5, 0.6) is 5.75 Å². The number of carbonyl (C=O) groups is 2. The van der Waals surface area contributed by atoms with Gasteiger partial charge < -0.3 is 15.0 Å². The van der Waals surface area contributed by atoms with Crippen molar-refractivity contribution in [3.8, 4) is 5.75 Å². The van der Waals surface area contributed by atoms with E-state index in [1.807, 2.05) is 31.3 Å². The Bertz CT molecular complexity index is 554. The van der Waals surface area contributed by atoms with E-state index in [9.17, 15) is 9.59 Å². The second-order valence-corrected chi connectivity index (χ2v) is 5.89. The Labute approximate surface area is 137 Å². The predicted molar refractivity (Wildman–Crippen MR) is 89.5 cm³/mol. The smallest absolute Gasteiger partial charge is 0.238 e. The van der Waals surface area contributed by atoms with Gasteiger partial charge in [-0.25, -0.2) is 0 Å². The van der Waals surface area contributed by atoms with Crippen LogP contribution in [0.25, 0.3) is 0 Å². The average Bonchev–Trinajstić information content (AvgIpc) is 2.55. The Morgan fingerprint density at radius 2 is 1.96 bits per heavy atom. The number of carbonyl (C=O) groups excluding carboxylic acids is 2. The number of piperidine rings is 1.